The van der Waals surface area contributed by atoms with Crippen molar-refractivity contribution in [2.45, 2.75) is 73.2 Å². The first-order chi connectivity index (χ1) is 8.01. The molecule has 0 aliphatic rings. The molecule has 2 atom stereocenters. The summed E-state index contributed by atoms with van der Waals surface area (Å²) in [6, 6.07) is 0. The molecule has 0 amide bonds. The Hall–Kier alpha value is -0.340. The third kappa shape index (κ3) is 8.39. The van der Waals surface area contributed by atoms with Crippen LogP contribution in [-0.4, -0.2) is 19.0 Å². The average Bonchev–Trinajstić information content (AvgIpc) is 2.24. The van der Waals surface area contributed by atoms with Gasteiger partial charge in [0.1, 0.15) is 0 Å². The molecular weight excluding hydrogens is 212 g/mol. The lowest BCUT2D eigenvalue weighted by atomic mass is 10.00. The van der Waals surface area contributed by atoms with E-state index >= 15 is 0 Å². The number of ether oxygens (including phenoxy) is 2. The molecule has 0 saturated carbocycles. The topological polar surface area (TPSA) is 18.5 Å². The summed E-state index contributed by atoms with van der Waals surface area (Å²) in [4.78, 5) is 0. The van der Waals surface area contributed by atoms with Crippen molar-refractivity contribution in [3.05, 3.63) is 11.6 Å². The number of hydrogen-bond donors (Lipinski definition) is 0. The minimum atomic E-state index is -0.114. The van der Waals surface area contributed by atoms with Gasteiger partial charge in [0.2, 0.25) is 0 Å². The van der Waals surface area contributed by atoms with E-state index in [1.807, 2.05) is 13.8 Å². The van der Waals surface area contributed by atoms with Gasteiger partial charge in [-0.15, -0.1) is 0 Å². The summed E-state index contributed by atoms with van der Waals surface area (Å²) in [6.07, 6.45) is 5.69. The Morgan fingerprint density at radius 2 is 1.76 bits per heavy atom. The Bertz CT molecular complexity index is 209. The second-order valence-corrected chi connectivity index (χ2v) is 4.98. The van der Waals surface area contributed by atoms with Crippen LogP contribution in [0.3, 0.4) is 0 Å². The molecule has 0 spiro atoms. The summed E-state index contributed by atoms with van der Waals surface area (Å²) in [5.41, 5.74) is 1.33. The maximum atomic E-state index is 5.97. The molecule has 2 heteroatoms. The zero-order chi connectivity index (χ0) is 13.3. The van der Waals surface area contributed by atoms with Crippen molar-refractivity contribution in [1.82, 2.24) is 0 Å². The summed E-state index contributed by atoms with van der Waals surface area (Å²) >= 11 is 0. The van der Waals surface area contributed by atoms with E-state index in [1.165, 1.54) is 12.0 Å². The Morgan fingerprint density at radius 3 is 2.24 bits per heavy atom. The van der Waals surface area contributed by atoms with Gasteiger partial charge >= 0.3 is 0 Å². The molecule has 0 bridgehead atoms. The van der Waals surface area contributed by atoms with Crippen LogP contribution in [0.25, 0.3) is 0 Å². The second kappa shape index (κ2) is 9.67. The summed E-state index contributed by atoms with van der Waals surface area (Å²) in [5.74, 6) is 0.720. The molecule has 2 unspecified atom stereocenters. The molecule has 0 aliphatic heterocycles. The van der Waals surface area contributed by atoms with Crippen molar-refractivity contribution in [1.29, 1.82) is 0 Å². The Balaban J connectivity index is 4.34. The van der Waals surface area contributed by atoms with E-state index in [0.717, 1.165) is 18.8 Å². The van der Waals surface area contributed by atoms with Crippen molar-refractivity contribution < 1.29 is 9.47 Å². The summed E-state index contributed by atoms with van der Waals surface area (Å²) in [7, 11) is 0. The van der Waals surface area contributed by atoms with E-state index in [-0.39, 0.29) is 12.4 Å². The SMILES string of the molecule is CCC=C(C)C(CCC(C)C)OC(C)OCC. The van der Waals surface area contributed by atoms with E-state index in [0.29, 0.717) is 6.61 Å². The lowest BCUT2D eigenvalue weighted by molar-refractivity contribution is -0.150. The zero-order valence-corrected chi connectivity index (χ0v) is 12.5. The molecule has 0 N–H and O–H groups in total. The van der Waals surface area contributed by atoms with Gasteiger partial charge in [-0.2, -0.15) is 0 Å². The van der Waals surface area contributed by atoms with Crippen molar-refractivity contribution in [3.63, 3.8) is 0 Å². The molecule has 0 saturated heterocycles. The molecule has 0 aliphatic carbocycles. The maximum absolute atomic E-state index is 5.97. The molecule has 0 heterocycles. The van der Waals surface area contributed by atoms with Gasteiger partial charge in [0.25, 0.3) is 0 Å². The predicted octanol–water partition coefficient (Wildman–Crippen LogP) is 4.55. The van der Waals surface area contributed by atoms with Crippen LogP contribution in [0, 0.1) is 5.92 Å². The van der Waals surface area contributed by atoms with Crippen molar-refractivity contribution >= 4 is 0 Å². The van der Waals surface area contributed by atoms with Crippen LogP contribution in [0.5, 0.6) is 0 Å². The van der Waals surface area contributed by atoms with Gasteiger partial charge in [0, 0.05) is 6.61 Å². The predicted molar refractivity (Wildman–Crippen MR) is 74.1 cm³/mol. The normalized spacial score (nSPS) is 16.3. The highest BCUT2D eigenvalue weighted by molar-refractivity contribution is 5.04. The van der Waals surface area contributed by atoms with Crippen LogP contribution in [0.15, 0.2) is 11.6 Å². The summed E-state index contributed by atoms with van der Waals surface area (Å²) in [5, 5.41) is 0. The molecule has 0 aromatic rings. The van der Waals surface area contributed by atoms with Crippen LogP contribution < -0.4 is 0 Å². The number of hydrogen-bond acceptors (Lipinski definition) is 2. The van der Waals surface area contributed by atoms with E-state index in [9.17, 15) is 0 Å². The Kier molecular flexibility index (Phi) is 9.47. The standard InChI is InChI=1S/C15H30O2/c1-7-9-13(5)15(11-10-12(3)4)17-14(6)16-8-2/h9,12,14-15H,7-8,10-11H2,1-6H3. The van der Waals surface area contributed by atoms with Crippen LogP contribution in [0.2, 0.25) is 0 Å². The highest BCUT2D eigenvalue weighted by Gasteiger charge is 2.15. The van der Waals surface area contributed by atoms with Gasteiger partial charge < -0.3 is 9.47 Å². The third-order valence-electron chi connectivity index (χ3n) is 2.80. The van der Waals surface area contributed by atoms with E-state index in [2.05, 4.69) is 33.8 Å². The smallest absolute Gasteiger partial charge is 0.155 e. The fourth-order valence-corrected chi connectivity index (χ4v) is 1.85. The van der Waals surface area contributed by atoms with Gasteiger partial charge in [0.05, 0.1) is 6.10 Å². The van der Waals surface area contributed by atoms with Crippen LogP contribution in [0.4, 0.5) is 0 Å². The van der Waals surface area contributed by atoms with E-state index < -0.39 is 0 Å². The first kappa shape index (κ1) is 16.7. The van der Waals surface area contributed by atoms with Crippen LogP contribution >= 0.6 is 0 Å². The van der Waals surface area contributed by atoms with Crippen LogP contribution in [-0.2, 0) is 9.47 Å². The fourth-order valence-electron chi connectivity index (χ4n) is 1.85. The third-order valence-corrected chi connectivity index (χ3v) is 2.80. The molecule has 0 aromatic carbocycles. The molecule has 2 nitrogen and oxygen atoms in total. The number of rotatable bonds is 9. The Labute approximate surface area is 107 Å². The van der Waals surface area contributed by atoms with Gasteiger partial charge in [0.15, 0.2) is 6.29 Å². The molecule has 0 aromatic heterocycles. The summed E-state index contributed by atoms with van der Waals surface area (Å²) < 4.78 is 11.4. The van der Waals surface area contributed by atoms with E-state index in [4.69, 9.17) is 9.47 Å². The highest BCUT2D eigenvalue weighted by Crippen LogP contribution is 2.18. The summed E-state index contributed by atoms with van der Waals surface area (Å²) in [6.45, 7) is 13.5. The molecule has 0 fully saturated rings. The quantitative estimate of drug-likeness (QED) is 0.436. The van der Waals surface area contributed by atoms with E-state index in [1.54, 1.807) is 0 Å². The number of allylic oxidation sites excluding steroid dienone is 1. The minimum absolute atomic E-state index is 0.114. The zero-order valence-electron chi connectivity index (χ0n) is 12.5. The first-order valence-corrected chi connectivity index (χ1v) is 6.94. The largest absolute Gasteiger partial charge is 0.353 e. The van der Waals surface area contributed by atoms with Gasteiger partial charge in [-0.05, 0) is 51.5 Å². The lowest BCUT2D eigenvalue weighted by Crippen LogP contribution is -2.24. The fraction of sp³-hybridized carbons (Fsp3) is 0.867. The molecule has 0 rings (SSSR count). The van der Waals surface area contributed by atoms with Gasteiger partial charge in [-0.25, -0.2) is 0 Å². The van der Waals surface area contributed by atoms with Crippen molar-refractivity contribution in [3.8, 4) is 0 Å². The monoisotopic (exact) mass is 242 g/mol. The molecule has 0 radical (unpaired) electrons. The van der Waals surface area contributed by atoms with Gasteiger partial charge in [-0.3, -0.25) is 0 Å². The van der Waals surface area contributed by atoms with Crippen LogP contribution in [0.1, 0.15) is 60.8 Å². The molecule has 17 heavy (non-hydrogen) atoms. The van der Waals surface area contributed by atoms with Crippen molar-refractivity contribution in [2.24, 2.45) is 5.92 Å². The molecule has 102 valence electrons. The Morgan fingerprint density at radius 1 is 1.12 bits per heavy atom. The average molecular weight is 242 g/mol. The van der Waals surface area contributed by atoms with Crippen molar-refractivity contribution in [2.75, 3.05) is 6.61 Å². The first-order valence-electron chi connectivity index (χ1n) is 6.94. The minimum Gasteiger partial charge on any atom is -0.353 e. The highest BCUT2D eigenvalue weighted by atomic mass is 16.7. The lowest BCUT2D eigenvalue weighted by Gasteiger charge is -2.24. The maximum Gasteiger partial charge on any atom is 0.155 e. The second-order valence-electron chi connectivity index (χ2n) is 4.98. The van der Waals surface area contributed by atoms with Gasteiger partial charge in [-0.1, -0.05) is 26.8 Å². The molecular formula is C15H30O2.